The van der Waals surface area contributed by atoms with Crippen LogP contribution >= 0.6 is 0 Å². The van der Waals surface area contributed by atoms with E-state index in [-0.39, 0.29) is 0 Å². The van der Waals surface area contributed by atoms with Crippen LogP contribution in [0.3, 0.4) is 0 Å². The Bertz CT molecular complexity index is 718. The molecule has 0 aliphatic carbocycles. The first-order valence-corrected chi connectivity index (χ1v) is 7.29. The maximum atomic E-state index is 12.3. The molecule has 0 spiro atoms. The van der Waals surface area contributed by atoms with Gasteiger partial charge in [0.2, 0.25) is 0 Å². The molecule has 4 nitrogen and oxygen atoms in total. The van der Waals surface area contributed by atoms with E-state index in [0.29, 0.717) is 10.9 Å². The van der Waals surface area contributed by atoms with Crippen molar-refractivity contribution >= 4 is 21.8 Å². The smallest absolute Gasteiger partial charge is 0.197 e. The summed E-state index contributed by atoms with van der Waals surface area (Å²) < 4.78 is 12.3. The summed E-state index contributed by atoms with van der Waals surface area (Å²) in [5, 5.41) is 0.506. The largest absolute Gasteiger partial charge is 0.331 e. The van der Waals surface area contributed by atoms with E-state index in [1.807, 2.05) is 43.3 Å². The number of hydrogen-bond acceptors (Lipinski definition) is 3. The van der Waals surface area contributed by atoms with Crippen LogP contribution < -0.4 is 0 Å². The second-order valence-electron chi connectivity index (χ2n) is 4.32. The fraction of sp³-hybridized carbons (Fsp3) is 0.143. The molecule has 1 aromatic carbocycles. The number of para-hydroxylation sites is 2. The van der Waals surface area contributed by atoms with Gasteiger partial charge in [-0.2, -0.15) is 0 Å². The number of aryl methyl sites for hydroxylation is 1. The standard InChI is InChI=1S/C14H13N3OS/c1-10-5-4-8-15-13(10)9-19(18)14-16-11-6-2-3-7-12(11)17-14/h2-8H,9H2,1H3,(H,16,17)/t19-/m0/s1. The monoisotopic (exact) mass is 271 g/mol. The van der Waals surface area contributed by atoms with E-state index in [1.165, 1.54) is 0 Å². The van der Waals surface area contributed by atoms with Gasteiger partial charge in [-0.25, -0.2) is 4.98 Å². The Balaban J connectivity index is 1.90. The Hall–Kier alpha value is -2.01. The molecule has 3 rings (SSSR count). The zero-order valence-electron chi connectivity index (χ0n) is 10.5. The molecule has 19 heavy (non-hydrogen) atoms. The van der Waals surface area contributed by atoms with E-state index in [0.717, 1.165) is 22.3 Å². The third-order valence-electron chi connectivity index (χ3n) is 2.97. The lowest BCUT2D eigenvalue weighted by Gasteiger charge is -2.02. The van der Waals surface area contributed by atoms with Crippen molar-refractivity contribution in [2.45, 2.75) is 17.8 Å². The SMILES string of the molecule is Cc1cccnc1C[S@](=O)c1nc2ccccc2[nH]1. The molecule has 0 saturated heterocycles. The number of H-pyrrole nitrogens is 1. The molecule has 1 N–H and O–H groups in total. The molecule has 0 amide bonds. The van der Waals surface area contributed by atoms with Crippen LogP contribution in [0.1, 0.15) is 11.3 Å². The first-order chi connectivity index (χ1) is 9.24. The normalized spacial score (nSPS) is 12.7. The first-order valence-electron chi connectivity index (χ1n) is 5.97. The lowest BCUT2D eigenvalue weighted by Crippen LogP contribution is -2.02. The molecule has 3 aromatic rings. The highest BCUT2D eigenvalue weighted by Crippen LogP contribution is 2.15. The number of fused-ring (bicyclic) bond motifs is 1. The number of nitrogens with one attached hydrogen (secondary N) is 1. The maximum absolute atomic E-state index is 12.3. The van der Waals surface area contributed by atoms with Gasteiger partial charge in [-0.05, 0) is 30.7 Å². The van der Waals surface area contributed by atoms with Crippen LogP contribution in [0.15, 0.2) is 47.8 Å². The quantitative estimate of drug-likeness (QED) is 0.796. The van der Waals surface area contributed by atoms with Crippen molar-refractivity contribution in [3.63, 3.8) is 0 Å². The molecular formula is C14H13N3OS. The molecule has 2 aromatic heterocycles. The van der Waals surface area contributed by atoms with Gasteiger partial charge in [0.1, 0.15) is 0 Å². The van der Waals surface area contributed by atoms with Crippen LogP contribution in [0, 0.1) is 6.92 Å². The number of aromatic nitrogens is 3. The van der Waals surface area contributed by atoms with Crippen LogP contribution in [-0.2, 0) is 16.6 Å². The number of aromatic amines is 1. The highest BCUT2D eigenvalue weighted by atomic mass is 32.2. The molecule has 0 radical (unpaired) electrons. The minimum atomic E-state index is -1.21. The molecule has 2 heterocycles. The lowest BCUT2D eigenvalue weighted by atomic mass is 10.2. The fourth-order valence-corrected chi connectivity index (χ4v) is 3.01. The van der Waals surface area contributed by atoms with Crippen LogP contribution in [0.4, 0.5) is 0 Å². The highest BCUT2D eigenvalue weighted by molar-refractivity contribution is 7.84. The predicted octanol–water partition coefficient (Wildman–Crippen LogP) is 2.57. The third kappa shape index (κ3) is 2.42. The zero-order valence-corrected chi connectivity index (χ0v) is 11.3. The van der Waals surface area contributed by atoms with Gasteiger partial charge in [0, 0.05) is 6.20 Å². The summed E-state index contributed by atoms with van der Waals surface area (Å²) in [6.45, 7) is 1.97. The summed E-state index contributed by atoms with van der Waals surface area (Å²) in [6, 6.07) is 11.5. The summed E-state index contributed by atoms with van der Waals surface area (Å²) in [4.78, 5) is 11.7. The topological polar surface area (TPSA) is 58.6 Å². The van der Waals surface area contributed by atoms with Crippen LogP contribution in [0.2, 0.25) is 0 Å². The average molecular weight is 271 g/mol. The van der Waals surface area contributed by atoms with Crippen LogP contribution in [0.5, 0.6) is 0 Å². The van der Waals surface area contributed by atoms with Crippen molar-refractivity contribution < 1.29 is 4.21 Å². The fourth-order valence-electron chi connectivity index (χ4n) is 1.90. The molecule has 0 unspecified atom stereocenters. The Labute approximate surface area is 113 Å². The first kappa shape index (κ1) is 12.0. The average Bonchev–Trinajstić information content (AvgIpc) is 2.85. The van der Waals surface area contributed by atoms with E-state index in [2.05, 4.69) is 15.0 Å². The molecule has 5 heteroatoms. The Morgan fingerprint density at radius 1 is 1.21 bits per heavy atom. The molecule has 0 fully saturated rings. The van der Waals surface area contributed by atoms with Crippen LogP contribution in [0.25, 0.3) is 11.0 Å². The third-order valence-corrected chi connectivity index (χ3v) is 4.13. The van der Waals surface area contributed by atoms with Crippen molar-refractivity contribution in [2.24, 2.45) is 0 Å². The zero-order chi connectivity index (χ0) is 13.2. The molecule has 0 saturated carbocycles. The minimum absolute atomic E-state index is 0.381. The molecular weight excluding hydrogens is 258 g/mol. The maximum Gasteiger partial charge on any atom is 0.197 e. The van der Waals surface area contributed by atoms with Gasteiger partial charge in [0.25, 0.3) is 0 Å². The highest BCUT2D eigenvalue weighted by Gasteiger charge is 2.12. The number of rotatable bonds is 3. The minimum Gasteiger partial charge on any atom is -0.331 e. The molecule has 1 atom stereocenters. The molecule has 96 valence electrons. The number of benzene rings is 1. The Morgan fingerprint density at radius 2 is 2.05 bits per heavy atom. The van der Waals surface area contributed by atoms with E-state index in [1.54, 1.807) is 6.20 Å². The predicted molar refractivity (Wildman–Crippen MR) is 75.2 cm³/mol. The molecule has 0 bridgehead atoms. The number of hydrogen-bond donors (Lipinski definition) is 1. The summed E-state index contributed by atoms with van der Waals surface area (Å²) in [5.74, 6) is 0.381. The summed E-state index contributed by atoms with van der Waals surface area (Å²) in [6.07, 6.45) is 1.72. The number of nitrogens with zero attached hydrogens (tertiary/aromatic N) is 2. The molecule has 0 aliphatic heterocycles. The van der Waals surface area contributed by atoms with E-state index >= 15 is 0 Å². The van der Waals surface area contributed by atoms with Gasteiger partial charge in [0.15, 0.2) is 5.16 Å². The van der Waals surface area contributed by atoms with Gasteiger partial charge >= 0.3 is 0 Å². The van der Waals surface area contributed by atoms with Gasteiger partial charge < -0.3 is 4.98 Å². The second-order valence-corrected chi connectivity index (χ2v) is 5.68. The van der Waals surface area contributed by atoms with Crippen molar-refractivity contribution in [3.05, 3.63) is 53.9 Å². The summed E-state index contributed by atoms with van der Waals surface area (Å²) in [7, 11) is -1.21. The van der Waals surface area contributed by atoms with Gasteiger partial charge in [-0.1, -0.05) is 18.2 Å². The summed E-state index contributed by atoms with van der Waals surface area (Å²) in [5.41, 5.74) is 3.64. The Morgan fingerprint density at radius 3 is 2.84 bits per heavy atom. The van der Waals surface area contributed by atoms with Gasteiger partial charge in [-0.3, -0.25) is 9.19 Å². The molecule has 0 aliphatic rings. The van der Waals surface area contributed by atoms with E-state index in [4.69, 9.17) is 0 Å². The van der Waals surface area contributed by atoms with Crippen molar-refractivity contribution in [2.75, 3.05) is 0 Å². The van der Waals surface area contributed by atoms with Crippen molar-refractivity contribution in [1.82, 2.24) is 15.0 Å². The van der Waals surface area contributed by atoms with Crippen LogP contribution in [-0.4, -0.2) is 19.2 Å². The van der Waals surface area contributed by atoms with Crippen molar-refractivity contribution in [3.8, 4) is 0 Å². The number of imidazole rings is 1. The second kappa shape index (κ2) is 4.93. The van der Waals surface area contributed by atoms with Crippen molar-refractivity contribution in [1.29, 1.82) is 0 Å². The van der Waals surface area contributed by atoms with E-state index in [9.17, 15) is 4.21 Å². The number of pyridine rings is 1. The lowest BCUT2D eigenvalue weighted by molar-refractivity contribution is 0.676. The Kier molecular flexibility index (Phi) is 3.13. The summed E-state index contributed by atoms with van der Waals surface area (Å²) >= 11 is 0. The van der Waals surface area contributed by atoms with E-state index < -0.39 is 10.8 Å². The van der Waals surface area contributed by atoms with Gasteiger partial charge in [0.05, 0.1) is 33.3 Å². The van der Waals surface area contributed by atoms with Gasteiger partial charge in [-0.15, -0.1) is 0 Å².